The van der Waals surface area contributed by atoms with Crippen LogP contribution in [0.3, 0.4) is 0 Å². The molecule has 0 heterocycles. The molecule has 0 bridgehead atoms. The highest BCUT2D eigenvalue weighted by Crippen LogP contribution is 2.12. The molecule has 0 saturated carbocycles. The molecule has 0 saturated heterocycles. The summed E-state index contributed by atoms with van der Waals surface area (Å²) < 4.78 is 9.68. The Morgan fingerprint density at radius 1 is 1.22 bits per heavy atom. The van der Waals surface area contributed by atoms with Crippen molar-refractivity contribution in [2.45, 2.75) is 38.1 Å². The first-order chi connectivity index (χ1) is 8.44. The predicted molar refractivity (Wildman–Crippen MR) is 72.4 cm³/mol. The van der Waals surface area contributed by atoms with Gasteiger partial charge in [-0.05, 0) is 46.2 Å². The van der Waals surface area contributed by atoms with Crippen molar-refractivity contribution in [3.63, 3.8) is 0 Å². The quantitative estimate of drug-likeness (QED) is 0.469. The van der Waals surface area contributed by atoms with Gasteiger partial charge in [0.25, 0.3) is 0 Å². The number of hydrogen-bond acceptors (Lipinski definition) is 5. The predicted octanol–water partition coefficient (Wildman–Crippen LogP) is 1.02. The number of carbonyl (C=O) groups is 1. The van der Waals surface area contributed by atoms with Crippen LogP contribution in [0.25, 0.3) is 0 Å². The first-order valence-corrected chi connectivity index (χ1v) is 6.49. The zero-order valence-corrected chi connectivity index (χ0v) is 12.2. The van der Waals surface area contributed by atoms with Crippen LogP contribution < -0.4 is 5.73 Å². The molecule has 108 valence electrons. The van der Waals surface area contributed by atoms with Crippen molar-refractivity contribution < 1.29 is 14.3 Å². The molecule has 18 heavy (non-hydrogen) atoms. The Hall–Kier alpha value is -0.650. The lowest BCUT2D eigenvalue weighted by Crippen LogP contribution is -2.45. The van der Waals surface area contributed by atoms with Crippen LogP contribution in [-0.2, 0) is 14.3 Å². The third kappa shape index (κ3) is 7.63. The van der Waals surface area contributed by atoms with Crippen LogP contribution in [-0.4, -0.2) is 57.4 Å². The van der Waals surface area contributed by atoms with Crippen molar-refractivity contribution in [1.82, 2.24) is 4.90 Å². The second kappa shape index (κ2) is 9.30. The number of nitrogens with zero attached hydrogens (tertiary/aromatic N) is 1. The van der Waals surface area contributed by atoms with Gasteiger partial charge in [-0.3, -0.25) is 4.79 Å². The van der Waals surface area contributed by atoms with Crippen LogP contribution in [0.15, 0.2) is 0 Å². The molecule has 5 heteroatoms. The standard InChI is InChI=1S/C13H28N2O3/c1-13(14,12(16)18-4)8-5-6-9-15(2)10-7-11-17-3/h5-11,14H2,1-4H3. The summed E-state index contributed by atoms with van der Waals surface area (Å²) in [6.45, 7) is 4.57. The van der Waals surface area contributed by atoms with Crippen molar-refractivity contribution in [3.05, 3.63) is 0 Å². The first kappa shape index (κ1) is 17.4. The van der Waals surface area contributed by atoms with Crippen molar-refractivity contribution in [1.29, 1.82) is 0 Å². The summed E-state index contributed by atoms with van der Waals surface area (Å²) in [6.07, 6.45) is 3.67. The number of carbonyl (C=O) groups excluding carboxylic acids is 1. The Morgan fingerprint density at radius 3 is 2.39 bits per heavy atom. The zero-order valence-electron chi connectivity index (χ0n) is 12.2. The fourth-order valence-electron chi connectivity index (χ4n) is 1.80. The van der Waals surface area contributed by atoms with E-state index in [0.717, 1.165) is 39.0 Å². The molecule has 0 aromatic rings. The highest BCUT2D eigenvalue weighted by molar-refractivity contribution is 5.79. The summed E-state index contributed by atoms with van der Waals surface area (Å²) in [5, 5.41) is 0. The van der Waals surface area contributed by atoms with Gasteiger partial charge in [-0.15, -0.1) is 0 Å². The second-order valence-electron chi connectivity index (χ2n) is 5.02. The molecule has 0 fully saturated rings. The molecule has 5 nitrogen and oxygen atoms in total. The van der Waals surface area contributed by atoms with E-state index in [9.17, 15) is 4.79 Å². The summed E-state index contributed by atoms with van der Waals surface area (Å²) in [5.74, 6) is -0.337. The normalized spacial score (nSPS) is 14.6. The summed E-state index contributed by atoms with van der Waals surface area (Å²) in [7, 11) is 5.18. The number of unbranched alkanes of at least 4 members (excludes halogenated alkanes) is 1. The Bertz CT molecular complexity index is 232. The topological polar surface area (TPSA) is 64.8 Å². The lowest BCUT2D eigenvalue weighted by Gasteiger charge is -2.22. The maximum Gasteiger partial charge on any atom is 0.325 e. The van der Waals surface area contributed by atoms with E-state index in [1.807, 2.05) is 0 Å². The van der Waals surface area contributed by atoms with E-state index < -0.39 is 5.54 Å². The van der Waals surface area contributed by atoms with E-state index in [1.54, 1.807) is 14.0 Å². The van der Waals surface area contributed by atoms with Gasteiger partial charge in [0, 0.05) is 20.3 Å². The maximum atomic E-state index is 11.4. The number of hydrogen-bond donors (Lipinski definition) is 1. The average molecular weight is 260 g/mol. The lowest BCUT2D eigenvalue weighted by molar-refractivity contribution is -0.146. The van der Waals surface area contributed by atoms with Gasteiger partial charge in [-0.25, -0.2) is 0 Å². The van der Waals surface area contributed by atoms with Gasteiger partial charge in [-0.1, -0.05) is 0 Å². The molecular formula is C13H28N2O3. The van der Waals surface area contributed by atoms with Crippen molar-refractivity contribution in [2.75, 3.05) is 41.0 Å². The molecule has 1 atom stereocenters. The minimum atomic E-state index is -0.858. The number of nitrogens with two attached hydrogens (primary N) is 1. The summed E-state index contributed by atoms with van der Waals surface area (Å²) in [5.41, 5.74) is 5.02. The van der Waals surface area contributed by atoms with Gasteiger partial charge in [0.2, 0.25) is 0 Å². The number of esters is 1. The SMILES string of the molecule is COCCCN(C)CCCCC(C)(N)C(=O)OC. The van der Waals surface area contributed by atoms with Crippen molar-refractivity contribution >= 4 is 5.97 Å². The molecular weight excluding hydrogens is 232 g/mol. The smallest absolute Gasteiger partial charge is 0.325 e. The Balaban J connectivity index is 3.63. The van der Waals surface area contributed by atoms with Crippen LogP contribution in [0.2, 0.25) is 0 Å². The fraction of sp³-hybridized carbons (Fsp3) is 0.923. The molecule has 0 aliphatic rings. The van der Waals surface area contributed by atoms with Gasteiger partial charge in [0.05, 0.1) is 7.11 Å². The number of ether oxygens (including phenoxy) is 2. The van der Waals surface area contributed by atoms with Crippen LogP contribution in [0.4, 0.5) is 0 Å². The molecule has 0 rings (SSSR count). The molecule has 0 aliphatic heterocycles. The number of methoxy groups -OCH3 is 2. The Morgan fingerprint density at radius 2 is 1.83 bits per heavy atom. The molecule has 0 amide bonds. The molecule has 1 unspecified atom stereocenters. The van der Waals surface area contributed by atoms with Gasteiger partial charge < -0.3 is 20.1 Å². The molecule has 0 aliphatic carbocycles. The molecule has 2 N–H and O–H groups in total. The van der Waals surface area contributed by atoms with Gasteiger partial charge in [0.15, 0.2) is 0 Å². The summed E-state index contributed by atoms with van der Waals surface area (Å²) >= 11 is 0. The van der Waals surface area contributed by atoms with Crippen molar-refractivity contribution in [3.8, 4) is 0 Å². The highest BCUT2D eigenvalue weighted by Gasteiger charge is 2.28. The third-order valence-electron chi connectivity index (χ3n) is 3.03. The molecule has 0 radical (unpaired) electrons. The van der Waals surface area contributed by atoms with Gasteiger partial charge >= 0.3 is 5.97 Å². The highest BCUT2D eigenvalue weighted by atomic mass is 16.5. The second-order valence-corrected chi connectivity index (χ2v) is 5.02. The number of rotatable bonds is 10. The van der Waals surface area contributed by atoms with E-state index >= 15 is 0 Å². The van der Waals surface area contributed by atoms with E-state index in [1.165, 1.54) is 7.11 Å². The molecule has 0 aromatic heterocycles. The Labute approximate surface area is 111 Å². The molecule has 0 aromatic carbocycles. The van der Waals surface area contributed by atoms with Crippen LogP contribution in [0.1, 0.15) is 32.6 Å². The lowest BCUT2D eigenvalue weighted by atomic mass is 9.96. The first-order valence-electron chi connectivity index (χ1n) is 6.49. The van der Waals surface area contributed by atoms with E-state index in [0.29, 0.717) is 6.42 Å². The average Bonchev–Trinajstić information content (AvgIpc) is 2.34. The zero-order chi connectivity index (χ0) is 14.0. The third-order valence-corrected chi connectivity index (χ3v) is 3.03. The minimum absolute atomic E-state index is 0.337. The van der Waals surface area contributed by atoms with E-state index in [-0.39, 0.29) is 5.97 Å². The summed E-state index contributed by atoms with van der Waals surface area (Å²) in [6, 6.07) is 0. The van der Waals surface area contributed by atoms with Crippen LogP contribution >= 0.6 is 0 Å². The van der Waals surface area contributed by atoms with Crippen LogP contribution in [0.5, 0.6) is 0 Å². The van der Waals surface area contributed by atoms with Gasteiger partial charge in [-0.2, -0.15) is 0 Å². The summed E-state index contributed by atoms with van der Waals surface area (Å²) in [4.78, 5) is 13.6. The van der Waals surface area contributed by atoms with Crippen LogP contribution in [0, 0.1) is 0 Å². The maximum absolute atomic E-state index is 11.4. The van der Waals surface area contributed by atoms with Gasteiger partial charge in [0.1, 0.15) is 5.54 Å². The van der Waals surface area contributed by atoms with E-state index in [4.69, 9.17) is 10.5 Å². The van der Waals surface area contributed by atoms with Crippen molar-refractivity contribution in [2.24, 2.45) is 5.73 Å². The largest absolute Gasteiger partial charge is 0.468 e. The minimum Gasteiger partial charge on any atom is -0.468 e. The van der Waals surface area contributed by atoms with E-state index in [2.05, 4.69) is 16.7 Å². The monoisotopic (exact) mass is 260 g/mol. The Kier molecular flexibility index (Phi) is 8.97. The molecule has 0 spiro atoms. The fourth-order valence-corrected chi connectivity index (χ4v) is 1.80.